The predicted octanol–water partition coefficient (Wildman–Crippen LogP) is 1.30. The second kappa shape index (κ2) is 2.21. The van der Waals surface area contributed by atoms with Gasteiger partial charge in [-0.05, 0) is 31.9 Å². The van der Waals surface area contributed by atoms with Crippen LogP contribution in [-0.2, 0) is 0 Å². The van der Waals surface area contributed by atoms with Crippen molar-refractivity contribution in [1.82, 2.24) is 5.43 Å². The summed E-state index contributed by atoms with van der Waals surface area (Å²) >= 11 is 0. The molecule has 0 saturated carbocycles. The van der Waals surface area contributed by atoms with Crippen molar-refractivity contribution in [3.05, 3.63) is 11.1 Å². The first-order chi connectivity index (χ1) is 4.22. The molecule has 1 rings (SSSR count). The molecule has 9 heavy (non-hydrogen) atoms. The maximum absolute atomic E-state index is 4.07. The molecule has 1 aliphatic heterocycles. The lowest BCUT2D eigenvalue weighted by molar-refractivity contribution is 0.777. The molecule has 0 unspecified atom stereocenters. The van der Waals surface area contributed by atoms with Crippen molar-refractivity contribution in [1.29, 1.82) is 0 Å². The standard InChI is InChI=1S/C7H12N2/c1-5-4-8-9-7(3)6(5)2/h8H,4H2,1-3H3. The van der Waals surface area contributed by atoms with Crippen LogP contribution in [0.5, 0.6) is 0 Å². The van der Waals surface area contributed by atoms with Gasteiger partial charge in [-0.3, -0.25) is 0 Å². The van der Waals surface area contributed by atoms with Gasteiger partial charge in [0.2, 0.25) is 0 Å². The van der Waals surface area contributed by atoms with Crippen LogP contribution in [0, 0.1) is 0 Å². The molecule has 1 N–H and O–H groups in total. The summed E-state index contributed by atoms with van der Waals surface area (Å²) < 4.78 is 0. The molecule has 0 fully saturated rings. The van der Waals surface area contributed by atoms with Crippen LogP contribution in [0.1, 0.15) is 20.8 Å². The second-order valence-electron chi connectivity index (χ2n) is 2.44. The second-order valence-corrected chi connectivity index (χ2v) is 2.44. The Hall–Kier alpha value is -0.790. The SMILES string of the molecule is CC1=NNCC(C)=C1C. The minimum absolute atomic E-state index is 0.906. The molecule has 0 aromatic rings. The van der Waals surface area contributed by atoms with Crippen LogP contribution >= 0.6 is 0 Å². The third-order valence-corrected chi connectivity index (χ3v) is 1.77. The molecule has 0 atom stereocenters. The van der Waals surface area contributed by atoms with Crippen molar-refractivity contribution in [3.63, 3.8) is 0 Å². The maximum atomic E-state index is 4.07. The average molecular weight is 124 g/mol. The molecule has 0 radical (unpaired) electrons. The lowest BCUT2D eigenvalue weighted by Gasteiger charge is -2.13. The topological polar surface area (TPSA) is 24.4 Å². The maximum Gasteiger partial charge on any atom is 0.0601 e. The minimum Gasteiger partial charge on any atom is -0.306 e. The third kappa shape index (κ3) is 1.12. The number of hydrazone groups is 1. The average Bonchev–Trinajstić information content (AvgIpc) is 1.83. The zero-order valence-electron chi connectivity index (χ0n) is 6.15. The van der Waals surface area contributed by atoms with Crippen LogP contribution in [0.15, 0.2) is 16.2 Å². The molecule has 1 heterocycles. The van der Waals surface area contributed by atoms with Crippen LogP contribution in [-0.4, -0.2) is 12.3 Å². The van der Waals surface area contributed by atoms with Gasteiger partial charge in [-0.25, -0.2) is 0 Å². The molecule has 0 aromatic carbocycles. The molecule has 50 valence electrons. The van der Waals surface area contributed by atoms with Gasteiger partial charge in [0.25, 0.3) is 0 Å². The zero-order chi connectivity index (χ0) is 6.85. The monoisotopic (exact) mass is 124 g/mol. The Labute approximate surface area is 55.6 Å². The Morgan fingerprint density at radius 1 is 1.33 bits per heavy atom. The van der Waals surface area contributed by atoms with Crippen molar-refractivity contribution in [2.24, 2.45) is 5.10 Å². The fourth-order valence-corrected chi connectivity index (χ4v) is 0.802. The molecule has 0 amide bonds. The van der Waals surface area contributed by atoms with Crippen molar-refractivity contribution >= 4 is 5.71 Å². The smallest absolute Gasteiger partial charge is 0.0601 e. The van der Waals surface area contributed by atoms with Crippen LogP contribution in [0.25, 0.3) is 0 Å². The molecular weight excluding hydrogens is 112 g/mol. The Bertz CT molecular complexity index is 177. The Balaban J connectivity index is 2.88. The van der Waals surface area contributed by atoms with E-state index in [0.29, 0.717) is 0 Å². The van der Waals surface area contributed by atoms with E-state index in [-0.39, 0.29) is 0 Å². The molecule has 0 aromatic heterocycles. The molecule has 0 saturated heterocycles. The molecule has 0 bridgehead atoms. The van der Waals surface area contributed by atoms with E-state index in [1.165, 1.54) is 11.1 Å². The molecule has 2 nitrogen and oxygen atoms in total. The molecule has 0 aliphatic carbocycles. The largest absolute Gasteiger partial charge is 0.306 e. The Morgan fingerprint density at radius 3 is 2.44 bits per heavy atom. The highest BCUT2D eigenvalue weighted by Crippen LogP contribution is 2.07. The normalized spacial score (nSPS) is 19.2. The van der Waals surface area contributed by atoms with Gasteiger partial charge in [-0.2, -0.15) is 5.10 Å². The number of allylic oxidation sites excluding steroid dienone is 1. The van der Waals surface area contributed by atoms with Gasteiger partial charge < -0.3 is 5.43 Å². The van der Waals surface area contributed by atoms with Crippen molar-refractivity contribution in [2.75, 3.05) is 6.54 Å². The highest BCUT2D eigenvalue weighted by Gasteiger charge is 2.04. The zero-order valence-corrected chi connectivity index (χ0v) is 6.15. The first-order valence-electron chi connectivity index (χ1n) is 3.15. The van der Waals surface area contributed by atoms with E-state index in [1.807, 2.05) is 6.92 Å². The van der Waals surface area contributed by atoms with E-state index in [9.17, 15) is 0 Å². The number of nitrogens with one attached hydrogen (secondary N) is 1. The van der Waals surface area contributed by atoms with E-state index >= 15 is 0 Å². The fourth-order valence-electron chi connectivity index (χ4n) is 0.802. The van der Waals surface area contributed by atoms with E-state index in [4.69, 9.17) is 0 Å². The van der Waals surface area contributed by atoms with E-state index in [2.05, 4.69) is 24.4 Å². The number of rotatable bonds is 0. The summed E-state index contributed by atoms with van der Waals surface area (Å²) in [4.78, 5) is 0. The molecule has 2 heteroatoms. The fraction of sp³-hybridized carbons (Fsp3) is 0.571. The Morgan fingerprint density at radius 2 is 2.00 bits per heavy atom. The minimum atomic E-state index is 0.906. The summed E-state index contributed by atoms with van der Waals surface area (Å²) in [5.41, 5.74) is 6.77. The van der Waals surface area contributed by atoms with Gasteiger partial charge in [0.15, 0.2) is 0 Å². The van der Waals surface area contributed by atoms with Gasteiger partial charge in [0, 0.05) is 0 Å². The number of hydrogen-bond acceptors (Lipinski definition) is 2. The van der Waals surface area contributed by atoms with Crippen LogP contribution in [0.4, 0.5) is 0 Å². The van der Waals surface area contributed by atoms with Crippen molar-refractivity contribution in [3.8, 4) is 0 Å². The highest BCUT2D eigenvalue weighted by molar-refractivity contribution is 5.98. The molecule has 0 spiro atoms. The van der Waals surface area contributed by atoms with Crippen LogP contribution in [0.2, 0.25) is 0 Å². The summed E-state index contributed by atoms with van der Waals surface area (Å²) in [7, 11) is 0. The summed E-state index contributed by atoms with van der Waals surface area (Å²) in [6, 6.07) is 0. The van der Waals surface area contributed by atoms with E-state index in [0.717, 1.165) is 12.3 Å². The number of nitrogens with zero attached hydrogens (tertiary/aromatic N) is 1. The third-order valence-electron chi connectivity index (χ3n) is 1.77. The highest BCUT2D eigenvalue weighted by atomic mass is 15.3. The number of hydrogen-bond donors (Lipinski definition) is 1. The lowest BCUT2D eigenvalue weighted by Crippen LogP contribution is -2.19. The van der Waals surface area contributed by atoms with Crippen molar-refractivity contribution < 1.29 is 0 Å². The predicted molar refractivity (Wildman–Crippen MR) is 39.5 cm³/mol. The van der Waals surface area contributed by atoms with Gasteiger partial charge in [0.1, 0.15) is 0 Å². The summed E-state index contributed by atoms with van der Waals surface area (Å²) in [5.74, 6) is 0. The lowest BCUT2D eigenvalue weighted by atomic mass is 10.1. The van der Waals surface area contributed by atoms with Crippen LogP contribution in [0.3, 0.4) is 0 Å². The molecule has 1 aliphatic rings. The Kier molecular flexibility index (Phi) is 1.56. The first kappa shape index (κ1) is 6.33. The molecular formula is C7H12N2. The van der Waals surface area contributed by atoms with E-state index < -0.39 is 0 Å². The van der Waals surface area contributed by atoms with Gasteiger partial charge in [0.05, 0.1) is 12.3 Å². The van der Waals surface area contributed by atoms with Gasteiger partial charge in [-0.1, -0.05) is 0 Å². The van der Waals surface area contributed by atoms with Gasteiger partial charge >= 0.3 is 0 Å². The van der Waals surface area contributed by atoms with Crippen molar-refractivity contribution in [2.45, 2.75) is 20.8 Å². The summed E-state index contributed by atoms with van der Waals surface area (Å²) in [5, 5.41) is 4.07. The summed E-state index contributed by atoms with van der Waals surface area (Å²) in [6.45, 7) is 7.16. The first-order valence-corrected chi connectivity index (χ1v) is 3.15. The summed E-state index contributed by atoms with van der Waals surface area (Å²) in [6.07, 6.45) is 0. The van der Waals surface area contributed by atoms with Crippen LogP contribution < -0.4 is 5.43 Å². The van der Waals surface area contributed by atoms with Gasteiger partial charge in [-0.15, -0.1) is 0 Å². The quantitative estimate of drug-likeness (QED) is 0.517. The van der Waals surface area contributed by atoms with E-state index in [1.54, 1.807) is 0 Å².